The van der Waals surface area contributed by atoms with Crippen molar-refractivity contribution in [3.05, 3.63) is 66.2 Å². The summed E-state index contributed by atoms with van der Waals surface area (Å²) in [4.78, 5) is 0.541. The Morgan fingerprint density at radius 2 is 1.59 bits per heavy atom. The van der Waals surface area contributed by atoms with Crippen LogP contribution in [0.4, 0.5) is 0 Å². The molecule has 0 N–H and O–H groups in total. The fourth-order valence-corrected chi connectivity index (χ4v) is 3.83. The predicted octanol–water partition coefficient (Wildman–Crippen LogP) is 5.05. The van der Waals surface area contributed by atoms with Gasteiger partial charge in [-0.3, -0.25) is 0 Å². The summed E-state index contributed by atoms with van der Waals surface area (Å²) >= 11 is 0. The molecule has 0 bridgehead atoms. The average molecular weight is 389 g/mol. The predicted molar refractivity (Wildman–Crippen MR) is 108 cm³/mol. The standard InChI is InChI=1S/C22H28O4S/c1-18(2)8-7-9-19(3)25-16-17-26-20-12-14-22(15-13-20)27(23,24)21-10-5-4-6-11-21/h4-6,8,10-15,19H,7,9,16-17H2,1-3H3/t19-/m0/s1. The topological polar surface area (TPSA) is 52.6 Å². The molecular formula is C22H28O4S. The van der Waals surface area contributed by atoms with Crippen LogP contribution in [0.3, 0.4) is 0 Å². The van der Waals surface area contributed by atoms with Gasteiger partial charge in [-0.25, -0.2) is 8.42 Å². The van der Waals surface area contributed by atoms with E-state index in [1.807, 2.05) is 0 Å². The van der Waals surface area contributed by atoms with Crippen molar-refractivity contribution in [2.45, 2.75) is 49.5 Å². The van der Waals surface area contributed by atoms with Crippen LogP contribution >= 0.6 is 0 Å². The van der Waals surface area contributed by atoms with Gasteiger partial charge in [-0.05, 0) is 70.0 Å². The number of hydrogen-bond donors (Lipinski definition) is 0. The van der Waals surface area contributed by atoms with Crippen molar-refractivity contribution in [3.63, 3.8) is 0 Å². The van der Waals surface area contributed by atoms with Gasteiger partial charge in [0.25, 0.3) is 0 Å². The van der Waals surface area contributed by atoms with E-state index in [2.05, 4.69) is 26.8 Å². The minimum Gasteiger partial charge on any atom is -0.491 e. The first-order valence-electron chi connectivity index (χ1n) is 9.17. The lowest BCUT2D eigenvalue weighted by Crippen LogP contribution is -2.14. The molecule has 2 aromatic rings. The molecule has 0 saturated carbocycles. The molecule has 0 saturated heterocycles. The lowest BCUT2D eigenvalue weighted by atomic mass is 10.2. The van der Waals surface area contributed by atoms with Crippen LogP contribution in [-0.4, -0.2) is 27.7 Å². The Balaban J connectivity index is 1.80. The Morgan fingerprint density at radius 1 is 0.963 bits per heavy atom. The van der Waals surface area contributed by atoms with E-state index in [0.29, 0.717) is 19.0 Å². The molecule has 5 heteroatoms. The Labute approximate surface area is 162 Å². The van der Waals surface area contributed by atoms with E-state index in [1.165, 1.54) is 5.57 Å². The Morgan fingerprint density at radius 3 is 2.22 bits per heavy atom. The highest BCUT2D eigenvalue weighted by atomic mass is 32.2. The van der Waals surface area contributed by atoms with E-state index in [9.17, 15) is 8.42 Å². The maximum Gasteiger partial charge on any atom is 0.206 e. The first kappa shape index (κ1) is 21.2. The summed E-state index contributed by atoms with van der Waals surface area (Å²) < 4.78 is 36.5. The molecule has 1 atom stereocenters. The second-order valence-electron chi connectivity index (χ2n) is 6.68. The number of rotatable bonds is 10. The number of hydrogen-bond acceptors (Lipinski definition) is 4. The number of allylic oxidation sites excluding steroid dienone is 2. The summed E-state index contributed by atoms with van der Waals surface area (Å²) in [5.74, 6) is 0.628. The SMILES string of the molecule is CC(C)=CCC[C@H](C)OCCOc1ccc(S(=O)(=O)c2ccccc2)cc1. The lowest BCUT2D eigenvalue weighted by molar-refractivity contribution is 0.0404. The molecule has 27 heavy (non-hydrogen) atoms. The monoisotopic (exact) mass is 388 g/mol. The van der Waals surface area contributed by atoms with Crippen molar-refractivity contribution in [1.82, 2.24) is 0 Å². The van der Waals surface area contributed by atoms with E-state index in [0.717, 1.165) is 12.8 Å². The van der Waals surface area contributed by atoms with Gasteiger partial charge in [0.1, 0.15) is 12.4 Å². The lowest BCUT2D eigenvalue weighted by Gasteiger charge is -2.13. The van der Waals surface area contributed by atoms with Crippen LogP contribution in [0.5, 0.6) is 5.75 Å². The van der Waals surface area contributed by atoms with Gasteiger partial charge >= 0.3 is 0 Å². The Kier molecular flexibility index (Phi) is 8.07. The van der Waals surface area contributed by atoms with Gasteiger partial charge in [0.05, 0.1) is 22.5 Å². The van der Waals surface area contributed by atoms with Gasteiger partial charge in [-0.15, -0.1) is 0 Å². The van der Waals surface area contributed by atoms with Crippen molar-refractivity contribution in [2.24, 2.45) is 0 Å². The van der Waals surface area contributed by atoms with Crippen molar-refractivity contribution in [2.75, 3.05) is 13.2 Å². The second kappa shape index (κ2) is 10.3. The van der Waals surface area contributed by atoms with Gasteiger partial charge < -0.3 is 9.47 Å². The molecule has 0 aliphatic heterocycles. The molecule has 0 radical (unpaired) electrons. The van der Waals surface area contributed by atoms with Crippen LogP contribution in [0, 0.1) is 0 Å². The van der Waals surface area contributed by atoms with E-state index >= 15 is 0 Å². The van der Waals surface area contributed by atoms with Crippen molar-refractivity contribution in [1.29, 1.82) is 0 Å². The average Bonchev–Trinajstić information content (AvgIpc) is 2.66. The Hall–Kier alpha value is -2.11. The normalized spacial score (nSPS) is 12.4. The van der Waals surface area contributed by atoms with E-state index < -0.39 is 9.84 Å². The summed E-state index contributed by atoms with van der Waals surface area (Å²) in [6.45, 7) is 7.17. The van der Waals surface area contributed by atoms with E-state index in [4.69, 9.17) is 9.47 Å². The zero-order chi connectivity index (χ0) is 19.7. The van der Waals surface area contributed by atoms with Gasteiger partial charge in [0.2, 0.25) is 9.84 Å². The van der Waals surface area contributed by atoms with E-state index in [1.54, 1.807) is 54.6 Å². The minimum absolute atomic E-state index is 0.183. The molecule has 0 unspecified atom stereocenters. The number of ether oxygens (including phenoxy) is 2. The first-order valence-corrected chi connectivity index (χ1v) is 10.7. The van der Waals surface area contributed by atoms with Crippen LogP contribution < -0.4 is 4.74 Å². The zero-order valence-corrected chi connectivity index (χ0v) is 17.0. The van der Waals surface area contributed by atoms with Crippen LogP contribution in [-0.2, 0) is 14.6 Å². The third-order valence-corrected chi connectivity index (χ3v) is 5.85. The van der Waals surface area contributed by atoms with Crippen molar-refractivity contribution >= 4 is 9.84 Å². The van der Waals surface area contributed by atoms with Crippen LogP contribution in [0.2, 0.25) is 0 Å². The van der Waals surface area contributed by atoms with E-state index in [-0.39, 0.29) is 15.9 Å². The van der Waals surface area contributed by atoms with Crippen LogP contribution in [0.1, 0.15) is 33.6 Å². The molecule has 0 aliphatic rings. The highest BCUT2D eigenvalue weighted by Gasteiger charge is 2.16. The van der Waals surface area contributed by atoms with Gasteiger partial charge in [-0.2, -0.15) is 0 Å². The quantitative estimate of drug-likeness (QED) is 0.422. The van der Waals surface area contributed by atoms with Crippen molar-refractivity contribution in [3.8, 4) is 5.75 Å². The summed E-state index contributed by atoms with van der Waals surface area (Å²) in [6, 6.07) is 14.9. The molecule has 0 spiro atoms. The third-order valence-electron chi connectivity index (χ3n) is 4.07. The largest absolute Gasteiger partial charge is 0.491 e. The molecular weight excluding hydrogens is 360 g/mol. The maximum atomic E-state index is 12.5. The molecule has 0 amide bonds. The summed E-state index contributed by atoms with van der Waals surface area (Å²) in [6.07, 6.45) is 4.39. The maximum absolute atomic E-state index is 12.5. The molecule has 2 rings (SSSR count). The fourth-order valence-electron chi connectivity index (χ4n) is 2.55. The van der Waals surface area contributed by atoms with Crippen LogP contribution in [0.15, 0.2) is 76.0 Å². The summed E-state index contributed by atoms with van der Waals surface area (Å²) in [7, 11) is -3.49. The third kappa shape index (κ3) is 6.85. The summed E-state index contributed by atoms with van der Waals surface area (Å²) in [5, 5.41) is 0. The zero-order valence-electron chi connectivity index (χ0n) is 16.2. The molecule has 4 nitrogen and oxygen atoms in total. The highest BCUT2D eigenvalue weighted by Crippen LogP contribution is 2.22. The fraction of sp³-hybridized carbons (Fsp3) is 0.364. The summed E-state index contributed by atoms with van der Waals surface area (Å²) in [5.41, 5.74) is 1.32. The molecule has 0 aromatic heterocycles. The Bertz CT molecular complexity index is 820. The van der Waals surface area contributed by atoms with Gasteiger partial charge in [-0.1, -0.05) is 29.8 Å². The molecule has 0 aliphatic carbocycles. The van der Waals surface area contributed by atoms with Crippen molar-refractivity contribution < 1.29 is 17.9 Å². The minimum atomic E-state index is -3.49. The molecule has 146 valence electrons. The molecule has 0 fully saturated rings. The van der Waals surface area contributed by atoms with Crippen LogP contribution in [0.25, 0.3) is 0 Å². The molecule has 0 heterocycles. The first-order chi connectivity index (χ1) is 12.9. The van der Waals surface area contributed by atoms with Gasteiger partial charge in [0, 0.05) is 0 Å². The molecule has 2 aromatic carbocycles. The van der Waals surface area contributed by atoms with Gasteiger partial charge in [0.15, 0.2) is 0 Å². The number of benzene rings is 2. The second-order valence-corrected chi connectivity index (χ2v) is 8.63. The number of sulfone groups is 1. The highest BCUT2D eigenvalue weighted by molar-refractivity contribution is 7.91. The smallest absolute Gasteiger partial charge is 0.206 e.